The maximum Gasteiger partial charge on any atom is 0.237 e. The number of benzene rings is 2. The maximum absolute atomic E-state index is 12.5. The topological polar surface area (TPSA) is 61.4 Å². The van der Waals surface area contributed by atoms with Gasteiger partial charge in [-0.15, -0.1) is 0 Å². The molecule has 0 saturated carbocycles. The number of likely N-dealkylation sites (tertiary alicyclic amines) is 1. The van der Waals surface area contributed by atoms with Crippen molar-refractivity contribution in [1.82, 2.24) is 15.5 Å². The lowest BCUT2D eigenvalue weighted by Gasteiger charge is -2.19. The van der Waals surface area contributed by atoms with Crippen molar-refractivity contribution in [3.05, 3.63) is 60.2 Å². The number of carbonyl (C=O) groups excluding carboxylic acids is 2. The maximum atomic E-state index is 12.5. The summed E-state index contributed by atoms with van der Waals surface area (Å²) in [5.74, 6) is 0.0292. The lowest BCUT2D eigenvalue weighted by atomic mass is 10.0. The molecule has 1 saturated heterocycles. The van der Waals surface area contributed by atoms with Gasteiger partial charge >= 0.3 is 0 Å². The minimum Gasteiger partial charge on any atom is -0.353 e. The lowest BCUT2D eigenvalue weighted by molar-refractivity contribution is -0.125. The fourth-order valence-corrected chi connectivity index (χ4v) is 3.70. The van der Waals surface area contributed by atoms with Crippen LogP contribution in [0.5, 0.6) is 0 Å². The summed E-state index contributed by atoms with van der Waals surface area (Å²) in [4.78, 5) is 26.7. The first-order chi connectivity index (χ1) is 13.4. The Kier molecular flexibility index (Phi) is 6.47. The molecule has 0 aromatic heterocycles. The molecule has 1 fully saturated rings. The standard InChI is InChI=1S/C23H29N3O2/c1-16(2)24-23(28)21-14-20(15-26(21)3)25-22(27)13-17-9-11-19(12-10-17)18-7-5-4-6-8-18/h4-12,16,20-21H,13-15H2,1-3H3,(H,24,28)(H,25,27)/t20-,21+/m1/s1. The van der Waals surface area contributed by atoms with E-state index in [2.05, 4.69) is 22.8 Å². The van der Waals surface area contributed by atoms with Gasteiger partial charge in [-0.05, 0) is 44.0 Å². The van der Waals surface area contributed by atoms with Crippen LogP contribution in [0.2, 0.25) is 0 Å². The first kappa shape index (κ1) is 20.1. The predicted molar refractivity (Wildman–Crippen MR) is 112 cm³/mol. The number of hydrogen-bond acceptors (Lipinski definition) is 3. The van der Waals surface area contributed by atoms with Crippen molar-refractivity contribution < 1.29 is 9.59 Å². The average molecular weight is 380 g/mol. The zero-order valence-corrected chi connectivity index (χ0v) is 16.8. The van der Waals surface area contributed by atoms with Crippen LogP contribution in [0.1, 0.15) is 25.8 Å². The Morgan fingerprint density at radius 1 is 1.04 bits per heavy atom. The van der Waals surface area contributed by atoms with Gasteiger partial charge in [-0.2, -0.15) is 0 Å². The molecule has 2 N–H and O–H groups in total. The molecule has 2 atom stereocenters. The van der Waals surface area contributed by atoms with E-state index in [1.54, 1.807) is 0 Å². The van der Waals surface area contributed by atoms with Gasteiger partial charge in [0.2, 0.25) is 11.8 Å². The highest BCUT2D eigenvalue weighted by Gasteiger charge is 2.35. The van der Waals surface area contributed by atoms with Crippen LogP contribution in [0.3, 0.4) is 0 Å². The van der Waals surface area contributed by atoms with Gasteiger partial charge in [-0.1, -0.05) is 54.6 Å². The molecule has 0 unspecified atom stereocenters. The number of amides is 2. The molecule has 0 spiro atoms. The van der Waals surface area contributed by atoms with Crippen molar-refractivity contribution >= 4 is 11.8 Å². The van der Waals surface area contributed by atoms with Gasteiger partial charge in [0.25, 0.3) is 0 Å². The molecule has 1 aliphatic heterocycles. The average Bonchev–Trinajstić information content (AvgIpc) is 3.02. The molecule has 2 aromatic rings. The van der Waals surface area contributed by atoms with Crippen molar-refractivity contribution in [2.45, 2.75) is 44.8 Å². The SMILES string of the molecule is CC(C)NC(=O)[C@@H]1C[C@@H](NC(=O)Cc2ccc(-c3ccccc3)cc2)CN1C. The molecule has 3 rings (SSSR count). The summed E-state index contributed by atoms with van der Waals surface area (Å²) in [7, 11) is 1.93. The molecule has 2 aromatic carbocycles. The van der Waals surface area contributed by atoms with Crippen molar-refractivity contribution in [2.75, 3.05) is 13.6 Å². The zero-order chi connectivity index (χ0) is 20.1. The van der Waals surface area contributed by atoms with Gasteiger partial charge in [-0.3, -0.25) is 14.5 Å². The highest BCUT2D eigenvalue weighted by molar-refractivity contribution is 5.83. The normalized spacial score (nSPS) is 19.6. The van der Waals surface area contributed by atoms with Gasteiger partial charge in [0.15, 0.2) is 0 Å². The van der Waals surface area contributed by atoms with Gasteiger partial charge < -0.3 is 10.6 Å². The molecule has 5 nitrogen and oxygen atoms in total. The summed E-state index contributed by atoms with van der Waals surface area (Å²) in [6.07, 6.45) is 0.992. The second-order valence-electron chi connectivity index (χ2n) is 7.86. The van der Waals surface area contributed by atoms with E-state index in [1.807, 2.05) is 68.3 Å². The Balaban J connectivity index is 1.52. The van der Waals surface area contributed by atoms with Crippen LogP contribution < -0.4 is 10.6 Å². The number of nitrogens with zero attached hydrogens (tertiary/aromatic N) is 1. The quantitative estimate of drug-likeness (QED) is 0.811. The number of carbonyl (C=O) groups is 2. The van der Waals surface area contributed by atoms with Crippen LogP contribution in [0.15, 0.2) is 54.6 Å². The summed E-state index contributed by atoms with van der Waals surface area (Å²) in [6.45, 7) is 4.60. The van der Waals surface area contributed by atoms with Gasteiger partial charge in [-0.25, -0.2) is 0 Å². The molecule has 0 aliphatic carbocycles. The molecule has 1 aliphatic rings. The smallest absolute Gasteiger partial charge is 0.237 e. The first-order valence-electron chi connectivity index (χ1n) is 9.86. The number of hydrogen-bond donors (Lipinski definition) is 2. The molecular formula is C23H29N3O2. The van der Waals surface area contributed by atoms with Gasteiger partial charge in [0.05, 0.1) is 12.5 Å². The third-order valence-corrected chi connectivity index (χ3v) is 5.07. The van der Waals surface area contributed by atoms with E-state index in [4.69, 9.17) is 0 Å². The highest BCUT2D eigenvalue weighted by Crippen LogP contribution is 2.20. The van der Waals surface area contributed by atoms with E-state index >= 15 is 0 Å². The molecule has 148 valence electrons. The van der Waals surface area contributed by atoms with Crippen LogP contribution in [0.4, 0.5) is 0 Å². The Morgan fingerprint density at radius 2 is 1.68 bits per heavy atom. The minimum absolute atomic E-state index is 0.00371. The molecule has 2 amide bonds. The van der Waals surface area contributed by atoms with Crippen LogP contribution in [0.25, 0.3) is 11.1 Å². The second-order valence-corrected chi connectivity index (χ2v) is 7.86. The monoisotopic (exact) mass is 379 g/mol. The Bertz CT molecular complexity index is 802. The van der Waals surface area contributed by atoms with Crippen LogP contribution in [0, 0.1) is 0 Å². The Morgan fingerprint density at radius 3 is 2.32 bits per heavy atom. The summed E-state index contributed by atoms with van der Waals surface area (Å²) in [5.41, 5.74) is 3.29. The van der Waals surface area contributed by atoms with E-state index in [0.717, 1.165) is 11.1 Å². The lowest BCUT2D eigenvalue weighted by Crippen LogP contribution is -2.43. The second kappa shape index (κ2) is 9.02. The summed E-state index contributed by atoms with van der Waals surface area (Å²) >= 11 is 0. The Hall–Kier alpha value is -2.66. The van der Waals surface area contributed by atoms with E-state index < -0.39 is 0 Å². The largest absolute Gasteiger partial charge is 0.353 e. The van der Waals surface area contributed by atoms with Gasteiger partial charge in [0, 0.05) is 18.6 Å². The van der Waals surface area contributed by atoms with E-state index in [0.29, 0.717) is 19.4 Å². The third kappa shape index (κ3) is 5.20. The van der Waals surface area contributed by atoms with E-state index in [9.17, 15) is 9.59 Å². The van der Waals surface area contributed by atoms with E-state index in [1.165, 1.54) is 5.56 Å². The number of rotatable bonds is 6. The highest BCUT2D eigenvalue weighted by atomic mass is 16.2. The summed E-state index contributed by atoms with van der Waals surface area (Å²) in [5, 5.41) is 6.04. The summed E-state index contributed by atoms with van der Waals surface area (Å²) < 4.78 is 0. The molecule has 1 heterocycles. The van der Waals surface area contributed by atoms with Crippen molar-refractivity contribution in [3.8, 4) is 11.1 Å². The van der Waals surface area contributed by atoms with Crippen LogP contribution in [-0.2, 0) is 16.0 Å². The fraction of sp³-hybridized carbons (Fsp3) is 0.391. The molecule has 0 radical (unpaired) electrons. The van der Waals surface area contributed by atoms with E-state index in [-0.39, 0.29) is 29.9 Å². The van der Waals surface area contributed by atoms with Crippen molar-refractivity contribution in [3.63, 3.8) is 0 Å². The Labute approximate surface area is 167 Å². The van der Waals surface area contributed by atoms with Crippen molar-refractivity contribution in [2.24, 2.45) is 0 Å². The number of likely N-dealkylation sites (N-methyl/N-ethyl adjacent to an activating group) is 1. The number of nitrogens with one attached hydrogen (secondary N) is 2. The zero-order valence-electron chi connectivity index (χ0n) is 16.8. The molecule has 0 bridgehead atoms. The fourth-order valence-electron chi connectivity index (χ4n) is 3.70. The van der Waals surface area contributed by atoms with Gasteiger partial charge in [0.1, 0.15) is 0 Å². The molecular weight excluding hydrogens is 350 g/mol. The summed E-state index contributed by atoms with van der Waals surface area (Å²) in [6, 6.07) is 18.2. The minimum atomic E-state index is -0.183. The third-order valence-electron chi connectivity index (χ3n) is 5.07. The van der Waals surface area contributed by atoms with Crippen LogP contribution in [-0.4, -0.2) is 48.4 Å². The van der Waals surface area contributed by atoms with Crippen LogP contribution >= 0.6 is 0 Å². The van der Waals surface area contributed by atoms with Crippen molar-refractivity contribution in [1.29, 1.82) is 0 Å². The molecule has 5 heteroatoms. The molecule has 28 heavy (non-hydrogen) atoms. The predicted octanol–water partition coefficient (Wildman–Crippen LogP) is 2.61. The first-order valence-corrected chi connectivity index (χ1v) is 9.86.